The zero-order valence-electron chi connectivity index (χ0n) is 13.5. The van der Waals surface area contributed by atoms with Crippen molar-refractivity contribution in [2.75, 3.05) is 7.11 Å². The Hall–Kier alpha value is -3.09. The molecule has 0 radical (unpaired) electrons. The van der Waals surface area contributed by atoms with Crippen LogP contribution in [0.5, 0.6) is 5.75 Å². The Morgan fingerprint density at radius 2 is 1.79 bits per heavy atom. The molecular weight excluding hydrogens is 314 g/mol. The molecule has 7 heteroatoms. The number of hydrogen-bond acceptors (Lipinski definition) is 4. The number of ether oxygens (including phenoxy) is 1. The predicted octanol–water partition coefficient (Wildman–Crippen LogP) is 1.90. The van der Waals surface area contributed by atoms with Crippen molar-refractivity contribution < 1.29 is 29.3 Å². The van der Waals surface area contributed by atoms with E-state index in [1.54, 1.807) is 31.2 Å². The highest BCUT2D eigenvalue weighted by molar-refractivity contribution is 6.13. The summed E-state index contributed by atoms with van der Waals surface area (Å²) >= 11 is 0. The molecule has 7 nitrogen and oxygen atoms in total. The molecule has 0 saturated carbocycles. The van der Waals surface area contributed by atoms with Gasteiger partial charge in [-0.3, -0.25) is 9.59 Å². The number of carbonyl (C=O) groups is 3. The maximum atomic E-state index is 12.9. The van der Waals surface area contributed by atoms with Crippen molar-refractivity contribution in [3.8, 4) is 5.75 Å². The van der Waals surface area contributed by atoms with Crippen molar-refractivity contribution >= 4 is 17.7 Å². The number of nitrogens with zero attached hydrogens (tertiary/aromatic N) is 1. The third-order valence-electron chi connectivity index (χ3n) is 3.81. The Morgan fingerprint density at radius 1 is 1.17 bits per heavy atom. The monoisotopic (exact) mass is 331 g/mol. The van der Waals surface area contributed by atoms with E-state index < -0.39 is 24.1 Å². The second-order valence-corrected chi connectivity index (χ2v) is 5.28. The van der Waals surface area contributed by atoms with Crippen LogP contribution >= 0.6 is 0 Å². The first-order valence-electron chi connectivity index (χ1n) is 7.10. The molecule has 0 aliphatic heterocycles. The van der Waals surface area contributed by atoms with Crippen molar-refractivity contribution in [3.05, 3.63) is 52.3 Å². The molecule has 1 aromatic heterocycles. The van der Waals surface area contributed by atoms with E-state index in [4.69, 9.17) is 9.84 Å². The van der Waals surface area contributed by atoms with Crippen LogP contribution in [0.3, 0.4) is 0 Å². The molecule has 0 unspecified atom stereocenters. The zero-order valence-corrected chi connectivity index (χ0v) is 13.5. The molecule has 2 rings (SSSR count). The molecule has 0 aliphatic carbocycles. The fraction of sp³-hybridized carbons (Fsp3) is 0.235. The summed E-state index contributed by atoms with van der Waals surface area (Å²) in [6.07, 6.45) is -0.532. The zero-order chi connectivity index (χ0) is 18.0. The van der Waals surface area contributed by atoms with E-state index in [0.29, 0.717) is 5.56 Å². The highest BCUT2D eigenvalue weighted by atomic mass is 16.5. The molecule has 0 aliphatic rings. The number of aliphatic carboxylic acids is 1. The number of hydrogen-bond donors (Lipinski definition) is 2. The number of methoxy groups -OCH3 is 1. The first kappa shape index (κ1) is 17.3. The van der Waals surface area contributed by atoms with E-state index in [2.05, 4.69) is 0 Å². The van der Waals surface area contributed by atoms with Gasteiger partial charge in [-0.25, -0.2) is 4.79 Å². The molecule has 0 amide bonds. The molecule has 0 spiro atoms. The Labute approximate surface area is 138 Å². The first-order valence-corrected chi connectivity index (χ1v) is 7.10. The number of carboxylic acids is 2. The lowest BCUT2D eigenvalue weighted by molar-refractivity contribution is -0.136. The van der Waals surface area contributed by atoms with Gasteiger partial charge >= 0.3 is 11.9 Å². The fourth-order valence-electron chi connectivity index (χ4n) is 2.68. The molecule has 24 heavy (non-hydrogen) atoms. The normalized spacial score (nSPS) is 10.5. The van der Waals surface area contributed by atoms with E-state index in [-0.39, 0.29) is 22.7 Å². The molecule has 0 atom stereocenters. The third-order valence-corrected chi connectivity index (χ3v) is 3.81. The van der Waals surface area contributed by atoms with Crippen LogP contribution in [0.2, 0.25) is 0 Å². The quantitative estimate of drug-likeness (QED) is 0.783. The number of benzene rings is 1. The van der Waals surface area contributed by atoms with Crippen molar-refractivity contribution in [1.29, 1.82) is 0 Å². The number of aromatic nitrogens is 1. The van der Waals surface area contributed by atoms with Gasteiger partial charge in [0.2, 0.25) is 5.78 Å². The summed E-state index contributed by atoms with van der Waals surface area (Å²) < 4.78 is 6.43. The van der Waals surface area contributed by atoms with Crippen LogP contribution < -0.4 is 4.74 Å². The Balaban J connectivity index is 2.74. The van der Waals surface area contributed by atoms with Crippen LogP contribution in [-0.2, 0) is 18.3 Å². The van der Waals surface area contributed by atoms with Gasteiger partial charge in [0.1, 0.15) is 11.3 Å². The molecule has 0 saturated heterocycles. The number of ketones is 1. The van der Waals surface area contributed by atoms with Crippen LogP contribution in [0.15, 0.2) is 24.3 Å². The summed E-state index contributed by atoms with van der Waals surface area (Å²) in [6.45, 7) is 1.76. The molecule has 2 N–H and O–H groups in total. The van der Waals surface area contributed by atoms with Gasteiger partial charge in [0.15, 0.2) is 5.75 Å². The molecule has 126 valence electrons. The summed E-state index contributed by atoms with van der Waals surface area (Å²) in [6, 6.07) is 6.87. The van der Waals surface area contributed by atoms with E-state index in [1.807, 2.05) is 0 Å². The largest absolute Gasteiger partial charge is 0.493 e. The first-order chi connectivity index (χ1) is 11.3. The van der Waals surface area contributed by atoms with Crippen LogP contribution in [0.1, 0.15) is 37.7 Å². The second-order valence-electron chi connectivity index (χ2n) is 5.28. The van der Waals surface area contributed by atoms with E-state index in [0.717, 1.165) is 5.56 Å². The molecular formula is C17H17NO6. The van der Waals surface area contributed by atoms with Gasteiger partial charge in [0.25, 0.3) is 0 Å². The van der Waals surface area contributed by atoms with E-state index in [1.165, 1.54) is 18.7 Å². The maximum Gasteiger partial charge on any atom is 0.341 e. The smallest absolute Gasteiger partial charge is 0.341 e. The minimum Gasteiger partial charge on any atom is -0.493 e. The van der Waals surface area contributed by atoms with E-state index >= 15 is 0 Å². The minimum atomic E-state index is -1.34. The Bertz CT molecular complexity index is 834. The number of carbonyl (C=O) groups excluding carboxylic acids is 1. The summed E-state index contributed by atoms with van der Waals surface area (Å²) in [5.74, 6) is -3.10. The van der Waals surface area contributed by atoms with Crippen LogP contribution in [0, 0.1) is 6.92 Å². The molecule has 1 heterocycles. The van der Waals surface area contributed by atoms with Crippen molar-refractivity contribution in [2.45, 2.75) is 13.3 Å². The predicted molar refractivity (Wildman–Crippen MR) is 84.9 cm³/mol. The summed E-state index contributed by atoms with van der Waals surface area (Å²) in [4.78, 5) is 35.5. The van der Waals surface area contributed by atoms with Gasteiger partial charge in [0.05, 0.1) is 13.5 Å². The third kappa shape index (κ3) is 2.88. The van der Waals surface area contributed by atoms with Crippen LogP contribution in [0.25, 0.3) is 0 Å². The Morgan fingerprint density at radius 3 is 2.29 bits per heavy atom. The second kappa shape index (κ2) is 6.57. The number of rotatable bonds is 6. The van der Waals surface area contributed by atoms with Crippen molar-refractivity contribution in [3.63, 3.8) is 0 Å². The molecule has 2 aromatic rings. The van der Waals surface area contributed by atoms with Gasteiger partial charge < -0.3 is 19.5 Å². The number of aromatic carboxylic acids is 1. The van der Waals surface area contributed by atoms with Crippen LogP contribution in [-0.4, -0.2) is 39.6 Å². The van der Waals surface area contributed by atoms with Gasteiger partial charge in [-0.1, -0.05) is 24.3 Å². The average molecular weight is 331 g/mol. The summed E-state index contributed by atoms with van der Waals surface area (Å²) in [5.41, 5.74) is 0.834. The van der Waals surface area contributed by atoms with Gasteiger partial charge in [-0.2, -0.15) is 0 Å². The van der Waals surface area contributed by atoms with Gasteiger partial charge in [-0.05, 0) is 12.5 Å². The fourth-order valence-corrected chi connectivity index (χ4v) is 2.68. The van der Waals surface area contributed by atoms with Crippen molar-refractivity contribution in [2.24, 2.45) is 7.05 Å². The molecule has 0 fully saturated rings. The molecule has 1 aromatic carbocycles. The summed E-state index contributed by atoms with van der Waals surface area (Å²) in [5, 5.41) is 18.5. The van der Waals surface area contributed by atoms with Gasteiger partial charge in [0, 0.05) is 18.3 Å². The lowest BCUT2D eigenvalue weighted by Crippen LogP contribution is -2.13. The highest BCUT2D eigenvalue weighted by Crippen LogP contribution is 2.32. The topological polar surface area (TPSA) is 106 Å². The standard InChI is InChI=1S/C17H17NO6/c1-9-6-4-5-7-10(9)15(21)14-16(24-3)13(17(22)23)11(18(14)2)8-12(19)20/h4-7H,8H2,1-3H3,(H,19,20)(H,22,23). The minimum absolute atomic E-state index is 0.00350. The van der Waals surface area contributed by atoms with Crippen LogP contribution in [0.4, 0.5) is 0 Å². The van der Waals surface area contributed by atoms with E-state index in [9.17, 15) is 19.5 Å². The number of carboxylic acid groups (broad SMARTS) is 2. The Kier molecular flexibility index (Phi) is 4.73. The summed E-state index contributed by atoms with van der Waals surface area (Å²) in [7, 11) is 2.71. The van der Waals surface area contributed by atoms with Gasteiger partial charge in [-0.15, -0.1) is 0 Å². The van der Waals surface area contributed by atoms with Crippen molar-refractivity contribution in [1.82, 2.24) is 4.57 Å². The SMILES string of the molecule is COc1c(C(=O)O)c(CC(=O)O)n(C)c1C(=O)c1ccccc1C. The maximum absolute atomic E-state index is 12.9. The molecule has 0 bridgehead atoms. The highest BCUT2D eigenvalue weighted by Gasteiger charge is 2.31. The number of aryl methyl sites for hydroxylation is 1. The lowest BCUT2D eigenvalue weighted by Gasteiger charge is -2.09. The lowest BCUT2D eigenvalue weighted by atomic mass is 10.0. The average Bonchev–Trinajstić information content (AvgIpc) is 2.79.